The molecule has 1 heterocycles. The molecule has 0 aliphatic heterocycles. The van der Waals surface area contributed by atoms with E-state index in [1.165, 1.54) is 6.26 Å². The maximum atomic E-state index is 11.1. The normalized spacial score (nSPS) is 11.4. The van der Waals surface area contributed by atoms with Crippen LogP contribution in [0.5, 0.6) is 0 Å². The largest absolute Gasteiger partial charge is 0.465 e. The zero-order valence-corrected chi connectivity index (χ0v) is 8.71. The van der Waals surface area contributed by atoms with Gasteiger partial charge < -0.3 is 9.15 Å². The van der Waals surface area contributed by atoms with Crippen molar-refractivity contribution in [1.82, 2.24) is 0 Å². The highest BCUT2D eigenvalue weighted by Gasteiger charge is 2.06. The molecule has 0 bridgehead atoms. The van der Waals surface area contributed by atoms with Crippen molar-refractivity contribution < 1.29 is 13.9 Å². The second-order valence-electron chi connectivity index (χ2n) is 2.23. The molecule has 13 heavy (non-hydrogen) atoms. The molecule has 0 radical (unpaired) electrons. The second-order valence-corrected chi connectivity index (χ2v) is 3.08. The predicted octanol–water partition coefficient (Wildman–Crippen LogP) is 2.58. The van der Waals surface area contributed by atoms with Gasteiger partial charge in [0.05, 0.1) is 12.9 Å². The van der Waals surface area contributed by atoms with Crippen LogP contribution in [0.15, 0.2) is 27.3 Å². The summed E-state index contributed by atoms with van der Waals surface area (Å²) in [7, 11) is 0. The molecular formula is C9H9BrO3. The Hall–Kier alpha value is -1.03. The van der Waals surface area contributed by atoms with E-state index in [4.69, 9.17) is 9.15 Å². The van der Waals surface area contributed by atoms with Gasteiger partial charge in [0, 0.05) is 6.08 Å². The van der Waals surface area contributed by atoms with E-state index in [0.29, 0.717) is 16.8 Å². The third-order valence-corrected chi connectivity index (χ3v) is 1.84. The molecule has 0 spiro atoms. The minimum absolute atomic E-state index is 0.351. The molecule has 0 aliphatic carbocycles. The number of hydrogen-bond donors (Lipinski definition) is 0. The summed E-state index contributed by atoms with van der Waals surface area (Å²) in [6.45, 7) is 2.12. The van der Waals surface area contributed by atoms with Gasteiger partial charge in [-0.2, -0.15) is 0 Å². The molecule has 4 heteroatoms. The van der Waals surface area contributed by atoms with Gasteiger partial charge in [-0.25, -0.2) is 4.79 Å². The zero-order chi connectivity index (χ0) is 9.68. The molecular weight excluding hydrogens is 236 g/mol. The summed E-state index contributed by atoms with van der Waals surface area (Å²) in [6.07, 6.45) is 3.11. The van der Waals surface area contributed by atoms with Crippen LogP contribution < -0.4 is 0 Å². The number of esters is 1. The van der Waals surface area contributed by atoms with Gasteiger partial charge in [-0.3, -0.25) is 0 Å². The number of hydrogen-bond acceptors (Lipinski definition) is 3. The monoisotopic (exact) mass is 244 g/mol. The van der Waals surface area contributed by atoms with E-state index in [9.17, 15) is 4.79 Å². The Morgan fingerprint density at radius 2 is 2.54 bits per heavy atom. The number of rotatable bonds is 3. The molecule has 0 fully saturated rings. The molecule has 0 atom stereocenters. The van der Waals surface area contributed by atoms with Gasteiger partial charge >= 0.3 is 5.97 Å². The summed E-state index contributed by atoms with van der Waals surface area (Å²) in [6, 6.07) is 3.50. The van der Waals surface area contributed by atoms with E-state index in [1.807, 2.05) is 0 Å². The van der Waals surface area contributed by atoms with Crippen molar-refractivity contribution in [2.45, 2.75) is 6.92 Å². The zero-order valence-electron chi connectivity index (χ0n) is 7.12. The van der Waals surface area contributed by atoms with Gasteiger partial charge in [0.2, 0.25) is 0 Å². The van der Waals surface area contributed by atoms with Crippen LogP contribution in [0.25, 0.3) is 6.08 Å². The van der Waals surface area contributed by atoms with Crippen molar-refractivity contribution >= 4 is 28.0 Å². The lowest BCUT2D eigenvalue weighted by Gasteiger charge is -1.98. The molecule has 0 N–H and O–H groups in total. The first-order valence-corrected chi connectivity index (χ1v) is 4.61. The van der Waals surface area contributed by atoms with E-state index < -0.39 is 0 Å². The van der Waals surface area contributed by atoms with E-state index in [2.05, 4.69) is 15.9 Å². The molecule has 0 aromatic carbocycles. The topological polar surface area (TPSA) is 39.4 Å². The fourth-order valence-corrected chi connectivity index (χ4v) is 1.10. The van der Waals surface area contributed by atoms with Crippen LogP contribution in [0.3, 0.4) is 0 Å². The second kappa shape index (κ2) is 4.87. The highest BCUT2D eigenvalue weighted by atomic mass is 79.9. The average molecular weight is 245 g/mol. The van der Waals surface area contributed by atoms with E-state index in [0.717, 1.165) is 0 Å². The van der Waals surface area contributed by atoms with Crippen LogP contribution in [0.2, 0.25) is 0 Å². The summed E-state index contributed by atoms with van der Waals surface area (Å²) >= 11 is 3.09. The van der Waals surface area contributed by atoms with Gasteiger partial charge in [-0.15, -0.1) is 0 Å². The van der Waals surface area contributed by atoms with Gasteiger partial charge in [0.25, 0.3) is 0 Å². The SMILES string of the molecule is CCOC(=O)C(Br)=Cc1ccco1. The van der Waals surface area contributed by atoms with E-state index in [1.54, 1.807) is 25.1 Å². The van der Waals surface area contributed by atoms with Crippen LogP contribution in [-0.2, 0) is 9.53 Å². The Balaban J connectivity index is 2.66. The third-order valence-electron chi connectivity index (χ3n) is 1.28. The molecule has 0 saturated carbocycles. The quantitative estimate of drug-likeness (QED) is 0.606. The fraction of sp³-hybridized carbons (Fsp3) is 0.222. The van der Waals surface area contributed by atoms with Gasteiger partial charge in [0.15, 0.2) is 0 Å². The maximum absolute atomic E-state index is 11.1. The Morgan fingerprint density at radius 1 is 1.77 bits per heavy atom. The number of ether oxygens (including phenoxy) is 1. The molecule has 3 nitrogen and oxygen atoms in total. The lowest BCUT2D eigenvalue weighted by Crippen LogP contribution is -2.02. The Labute approximate surface area is 84.5 Å². The van der Waals surface area contributed by atoms with Crippen molar-refractivity contribution in [2.75, 3.05) is 6.61 Å². The number of carbonyl (C=O) groups is 1. The smallest absolute Gasteiger partial charge is 0.345 e. The minimum Gasteiger partial charge on any atom is -0.465 e. The molecule has 1 aromatic heterocycles. The van der Waals surface area contributed by atoms with Crippen LogP contribution in [0.4, 0.5) is 0 Å². The van der Waals surface area contributed by atoms with Crippen LogP contribution in [-0.4, -0.2) is 12.6 Å². The summed E-state index contributed by atoms with van der Waals surface area (Å²) < 4.78 is 10.1. The highest BCUT2D eigenvalue weighted by molar-refractivity contribution is 9.12. The van der Waals surface area contributed by atoms with Gasteiger partial charge in [-0.1, -0.05) is 0 Å². The summed E-state index contributed by atoms with van der Waals surface area (Å²) in [5, 5.41) is 0. The lowest BCUT2D eigenvalue weighted by molar-refractivity contribution is -0.137. The first-order valence-electron chi connectivity index (χ1n) is 3.82. The minimum atomic E-state index is -0.390. The number of furan rings is 1. The standard InChI is InChI=1S/C9H9BrO3/c1-2-12-9(11)8(10)6-7-4-3-5-13-7/h3-6H,2H2,1H3. The first-order chi connectivity index (χ1) is 6.24. The van der Waals surface area contributed by atoms with Gasteiger partial charge in [-0.05, 0) is 35.0 Å². The van der Waals surface area contributed by atoms with Crippen LogP contribution >= 0.6 is 15.9 Å². The Kier molecular flexibility index (Phi) is 3.76. The summed E-state index contributed by atoms with van der Waals surface area (Å²) in [4.78, 5) is 11.1. The molecule has 0 amide bonds. The number of halogens is 1. The summed E-state index contributed by atoms with van der Waals surface area (Å²) in [5.74, 6) is 0.221. The molecule has 1 aromatic rings. The third kappa shape index (κ3) is 3.06. The van der Waals surface area contributed by atoms with E-state index in [-0.39, 0.29) is 5.97 Å². The first kappa shape index (κ1) is 10.1. The molecule has 0 unspecified atom stereocenters. The Bertz CT molecular complexity index is 301. The highest BCUT2D eigenvalue weighted by Crippen LogP contribution is 2.13. The maximum Gasteiger partial charge on any atom is 0.345 e. The lowest BCUT2D eigenvalue weighted by atomic mass is 10.4. The van der Waals surface area contributed by atoms with Crippen LogP contribution in [0.1, 0.15) is 12.7 Å². The molecule has 0 aliphatic rings. The van der Waals surface area contributed by atoms with E-state index >= 15 is 0 Å². The van der Waals surface area contributed by atoms with Crippen molar-refractivity contribution in [3.63, 3.8) is 0 Å². The molecule has 0 saturated heterocycles. The average Bonchev–Trinajstić information content (AvgIpc) is 2.57. The van der Waals surface area contributed by atoms with Crippen molar-refractivity contribution in [3.8, 4) is 0 Å². The van der Waals surface area contributed by atoms with Crippen LogP contribution in [0, 0.1) is 0 Å². The van der Waals surface area contributed by atoms with Crippen molar-refractivity contribution in [3.05, 3.63) is 28.6 Å². The molecule has 70 valence electrons. The fourth-order valence-electron chi connectivity index (χ4n) is 0.757. The van der Waals surface area contributed by atoms with Gasteiger partial charge in [0.1, 0.15) is 10.2 Å². The summed E-state index contributed by atoms with van der Waals surface area (Å²) in [5.41, 5.74) is 0. The predicted molar refractivity (Wildman–Crippen MR) is 52.2 cm³/mol. The van der Waals surface area contributed by atoms with Crippen molar-refractivity contribution in [2.24, 2.45) is 0 Å². The molecule has 1 rings (SSSR count). The van der Waals surface area contributed by atoms with Crippen molar-refractivity contribution in [1.29, 1.82) is 0 Å². The Morgan fingerprint density at radius 3 is 3.08 bits per heavy atom. The number of carbonyl (C=O) groups excluding carboxylic acids is 1.